The molecule has 1 saturated heterocycles. The van der Waals surface area contributed by atoms with Crippen LogP contribution < -0.4 is 10.2 Å². The third-order valence-electron chi connectivity index (χ3n) is 8.75. The van der Waals surface area contributed by atoms with Gasteiger partial charge in [0.05, 0.1) is 17.3 Å². The SMILES string of the molecule is CC(NC(=O)c1cnc(N2CCN(C)CC2)nc1C1(c2ccc(F)cc2)CCCC1)c1cccc2ccccc12. The van der Waals surface area contributed by atoms with Crippen LogP contribution in [0.5, 0.6) is 0 Å². The molecule has 6 rings (SSSR count). The molecule has 4 aromatic rings. The molecule has 40 heavy (non-hydrogen) atoms. The summed E-state index contributed by atoms with van der Waals surface area (Å²) in [5.74, 6) is 0.212. The lowest BCUT2D eigenvalue weighted by Crippen LogP contribution is -2.45. The van der Waals surface area contributed by atoms with Crippen LogP contribution in [-0.2, 0) is 5.41 Å². The Bertz CT molecular complexity index is 1500. The van der Waals surface area contributed by atoms with Gasteiger partial charge in [-0.25, -0.2) is 14.4 Å². The second-order valence-electron chi connectivity index (χ2n) is 11.3. The molecule has 1 unspecified atom stereocenters. The first kappa shape index (κ1) is 26.4. The smallest absolute Gasteiger partial charge is 0.255 e. The van der Waals surface area contributed by atoms with E-state index in [1.165, 1.54) is 12.1 Å². The number of rotatable bonds is 6. The number of anilines is 1. The highest BCUT2D eigenvalue weighted by atomic mass is 19.1. The molecule has 2 heterocycles. The van der Waals surface area contributed by atoms with Crippen LogP contribution in [0.25, 0.3) is 10.8 Å². The summed E-state index contributed by atoms with van der Waals surface area (Å²) >= 11 is 0. The van der Waals surface area contributed by atoms with Crippen molar-refractivity contribution in [2.75, 3.05) is 38.1 Å². The Morgan fingerprint density at radius 3 is 2.40 bits per heavy atom. The van der Waals surface area contributed by atoms with Gasteiger partial charge in [-0.2, -0.15) is 0 Å². The number of carbonyl (C=O) groups excluding carboxylic acids is 1. The number of piperazine rings is 1. The Kier molecular flexibility index (Phi) is 7.24. The second-order valence-corrected chi connectivity index (χ2v) is 11.3. The molecule has 0 bridgehead atoms. The number of hydrogen-bond acceptors (Lipinski definition) is 5. The first-order chi connectivity index (χ1) is 19.4. The zero-order valence-electron chi connectivity index (χ0n) is 23.2. The molecular formula is C33H36FN5O. The molecule has 6 nitrogen and oxygen atoms in total. The minimum atomic E-state index is -0.465. The minimum Gasteiger partial charge on any atom is -0.345 e. The highest BCUT2D eigenvalue weighted by Gasteiger charge is 2.42. The molecule has 1 aromatic heterocycles. The fourth-order valence-electron chi connectivity index (χ4n) is 6.45. The lowest BCUT2D eigenvalue weighted by atomic mass is 9.74. The van der Waals surface area contributed by atoms with Crippen molar-refractivity contribution in [1.29, 1.82) is 0 Å². The van der Waals surface area contributed by atoms with Crippen molar-refractivity contribution in [3.8, 4) is 0 Å². The molecule has 1 amide bonds. The van der Waals surface area contributed by atoms with E-state index in [4.69, 9.17) is 9.97 Å². The molecule has 1 aliphatic carbocycles. The summed E-state index contributed by atoms with van der Waals surface area (Å²) in [4.78, 5) is 28.4. The maximum atomic E-state index is 14.0. The third kappa shape index (κ3) is 4.94. The number of fused-ring (bicyclic) bond motifs is 1. The Morgan fingerprint density at radius 1 is 0.950 bits per heavy atom. The van der Waals surface area contributed by atoms with E-state index in [-0.39, 0.29) is 17.8 Å². The monoisotopic (exact) mass is 537 g/mol. The second kappa shape index (κ2) is 11.0. The van der Waals surface area contributed by atoms with E-state index < -0.39 is 5.41 Å². The van der Waals surface area contributed by atoms with Crippen LogP contribution in [0.2, 0.25) is 0 Å². The van der Waals surface area contributed by atoms with Crippen molar-refractivity contribution in [2.45, 2.75) is 44.1 Å². The van der Waals surface area contributed by atoms with Gasteiger partial charge in [0, 0.05) is 37.8 Å². The summed E-state index contributed by atoms with van der Waals surface area (Å²) in [5.41, 5.74) is 2.86. The fourth-order valence-corrected chi connectivity index (χ4v) is 6.45. The van der Waals surface area contributed by atoms with Crippen molar-refractivity contribution in [2.24, 2.45) is 0 Å². The lowest BCUT2D eigenvalue weighted by Gasteiger charge is -2.35. The Labute approximate surface area is 235 Å². The molecule has 2 aliphatic rings. The lowest BCUT2D eigenvalue weighted by molar-refractivity contribution is 0.0937. The van der Waals surface area contributed by atoms with Crippen molar-refractivity contribution < 1.29 is 9.18 Å². The third-order valence-corrected chi connectivity index (χ3v) is 8.75. The van der Waals surface area contributed by atoms with Crippen LogP contribution in [-0.4, -0.2) is 54.0 Å². The molecule has 2 fully saturated rings. The topological polar surface area (TPSA) is 61.4 Å². The van der Waals surface area contributed by atoms with Gasteiger partial charge in [0.15, 0.2) is 0 Å². The number of nitrogens with zero attached hydrogens (tertiary/aromatic N) is 4. The van der Waals surface area contributed by atoms with E-state index in [0.717, 1.165) is 79.5 Å². The van der Waals surface area contributed by atoms with Crippen LogP contribution >= 0.6 is 0 Å². The number of carbonyl (C=O) groups is 1. The maximum Gasteiger partial charge on any atom is 0.255 e. The normalized spacial score (nSPS) is 18.1. The van der Waals surface area contributed by atoms with Crippen LogP contribution in [0, 0.1) is 5.82 Å². The zero-order valence-corrected chi connectivity index (χ0v) is 23.2. The molecular weight excluding hydrogens is 501 g/mol. The van der Waals surface area contributed by atoms with E-state index in [2.05, 4.69) is 46.4 Å². The van der Waals surface area contributed by atoms with Gasteiger partial charge in [-0.1, -0.05) is 67.4 Å². The molecule has 1 aliphatic heterocycles. The Morgan fingerprint density at radius 2 is 1.65 bits per heavy atom. The molecule has 1 N–H and O–H groups in total. The Hall–Kier alpha value is -3.84. The standard InChI is InChI=1S/C33H36FN5O/c1-23(27-11-7-9-24-8-3-4-10-28(24)27)36-31(40)29-22-35-32(39-20-18-38(2)19-21-39)37-30(29)33(16-5-6-17-33)25-12-14-26(34)15-13-25/h3-4,7-15,22-23H,5-6,16-21H2,1-2H3,(H,36,40). The van der Waals surface area contributed by atoms with Crippen molar-refractivity contribution in [3.63, 3.8) is 0 Å². The summed E-state index contributed by atoms with van der Waals surface area (Å²) in [6.45, 7) is 5.57. The number of hydrogen-bond donors (Lipinski definition) is 1. The molecule has 0 spiro atoms. The average Bonchev–Trinajstić information content (AvgIpc) is 3.48. The van der Waals surface area contributed by atoms with Crippen molar-refractivity contribution in [1.82, 2.24) is 20.2 Å². The van der Waals surface area contributed by atoms with E-state index in [9.17, 15) is 9.18 Å². The summed E-state index contributed by atoms with van der Waals surface area (Å²) in [6, 6.07) is 20.9. The Balaban J connectivity index is 1.41. The first-order valence-corrected chi connectivity index (χ1v) is 14.3. The van der Waals surface area contributed by atoms with Crippen molar-refractivity contribution in [3.05, 3.63) is 101 Å². The summed E-state index contributed by atoms with van der Waals surface area (Å²) in [5, 5.41) is 5.52. The van der Waals surface area contributed by atoms with Crippen LogP contribution in [0.15, 0.2) is 72.9 Å². The summed E-state index contributed by atoms with van der Waals surface area (Å²) in [6.07, 6.45) is 5.48. The number of halogens is 1. The van der Waals surface area contributed by atoms with E-state index in [0.29, 0.717) is 11.5 Å². The van der Waals surface area contributed by atoms with E-state index in [1.54, 1.807) is 6.20 Å². The quantitative estimate of drug-likeness (QED) is 0.333. The van der Waals surface area contributed by atoms with Crippen LogP contribution in [0.3, 0.4) is 0 Å². The van der Waals surface area contributed by atoms with Gasteiger partial charge in [0.2, 0.25) is 5.95 Å². The first-order valence-electron chi connectivity index (χ1n) is 14.3. The number of amides is 1. The predicted octanol–water partition coefficient (Wildman–Crippen LogP) is 5.87. The van der Waals surface area contributed by atoms with Gasteiger partial charge < -0.3 is 15.1 Å². The van der Waals surface area contributed by atoms with E-state index >= 15 is 0 Å². The molecule has 1 saturated carbocycles. The van der Waals surface area contributed by atoms with Gasteiger partial charge in [-0.3, -0.25) is 4.79 Å². The molecule has 0 radical (unpaired) electrons. The van der Waals surface area contributed by atoms with Gasteiger partial charge >= 0.3 is 0 Å². The van der Waals surface area contributed by atoms with Crippen LogP contribution in [0.4, 0.5) is 10.3 Å². The zero-order chi connectivity index (χ0) is 27.7. The number of nitrogens with one attached hydrogen (secondary N) is 1. The van der Waals surface area contributed by atoms with Gasteiger partial charge in [-0.15, -0.1) is 0 Å². The molecule has 1 atom stereocenters. The van der Waals surface area contributed by atoms with Gasteiger partial charge in [0.1, 0.15) is 5.82 Å². The summed E-state index contributed by atoms with van der Waals surface area (Å²) in [7, 11) is 2.12. The van der Waals surface area contributed by atoms with Gasteiger partial charge in [-0.05, 0) is 60.8 Å². The highest BCUT2D eigenvalue weighted by molar-refractivity contribution is 5.96. The average molecular weight is 538 g/mol. The number of benzene rings is 3. The molecule has 7 heteroatoms. The van der Waals surface area contributed by atoms with Gasteiger partial charge in [0.25, 0.3) is 5.91 Å². The molecule has 3 aromatic carbocycles. The maximum absolute atomic E-state index is 14.0. The summed E-state index contributed by atoms with van der Waals surface area (Å²) < 4.78 is 14.0. The highest BCUT2D eigenvalue weighted by Crippen LogP contribution is 2.47. The van der Waals surface area contributed by atoms with Crippen molar-refractivity contribution >= 4 is 22.6 Å². The number of aromatic nitrogens is 2. The minimum absolute atomic E-state index is 0.186. The molecule has 206 valence electrons. The fraction of sp³-hybridized carbons (Fsp3) is 0.364. The predicted molar refractivity (Wildman–Crippen MR) is 157 cm³/mol. The number of likely N-dealkylation sites (N-methyl/N-ethyl adjacent to an activating group) is 1. The largest absolute Gasteiger partial charge is 0.345 e. The van der Waals surface area contributed by atoms with E-state index in [1.807, 2.05) is 37.3 Å². The van der Waals surface area contributed by atoms with Crippen LogP contribution in [0.1, 0.15) is 65.8 Å².